The van der Waals surface area contributed by atoms with Crippen LogP contribution in [0.2, 0.25) is 0 Å². The Kier molecular flexibility index (Phi) is 3.01. The normalized spacial score (nSPS) is 20.5. The Bertz CT molecular complexity index is 424. The summed E-state index contributed by atoms with van der Waals surface area (Å²) in [6.45, 7) is 0.554. The lowest BCUT2D eigenvalue weighted by atomic mass is 10.1. The predicted molar refractivity (Wildman–Crippen MR) is 62.0 cm³/mol. The van der Waals surface area contributed by atoms with Gasteiger partial charge in [-0.25, -0.2) is 4.39 Å². The zero-order valence-electron chi connectivity index (χ0n) is 8.62. The molecule has 16 heavy (non-hydrogen) atoms. The fourth-order valence-corrected chi connectivity index (χ4v) is 2.10. The number of nitrogens with two attached hydrogens (primary N) is 1. The van der Waals surface area contributed by atoms with Crippen LogP contribution < -0.4 is 10.6 Å². The quantitative estimate of drug-likeness (QED) is 0.637. The predicted octanol–water partition coefficient (Wildman–Crippen LogP) is 2.00. The van der Waals surface area contributed by atoms with Crippen molar-refractivity contribution in [1.82, 2.24) is 0 Å². The van der Waals surface area contributed by atoms with Crippen molar-refractivity contribution >= 4 is 28.9 Å². The van der Waals surface area contributed by atoms with Gasteiger partial charge in [-0.05, 0) is 24.1 Å². The van der Waals surface area contributed by atoms with Crippen molar-refractivity contribution in [3.05, 3.63) is 24.0 Å². The number of nitrogen functional groups attached to an aromatic ring is 1. The Labute approximate surface area is 98.0 Å². The lowest BCUT2D eigenvalue weighted by molar-refractivity contribution is -0.117. The molecule has 3 nitrogen and oxygen atoms in total. The molecule has 5 heteroatoms. The Morgan fingerprint density at radius 3 is 2.88 bits per heavy atom. The summed E-state index contributed by atoms with van der Waals surface area (Å²) in [6, 6.07) is 4.04. The average Bonchev–Trinajstić information content (AvgIpc) is 2.60. The summed E-state index contributed by atoms with van der Waals surface area (Å²) in [4.78, 5) is 13.3. The molecule has 1 amide bonds. The van der Waals surface area contributed by atoms with Gasteiger partial charge in [-0.2, -0.15) is 0 Å². The van der Waals surface area contributed by atoms with Crippen molar-refractivity contribution in [2.24, 2.45) is 5.92 Å². The molecule has 0 saturated carbocycles. The van der Waals surface area contributed by atoms with Gasteiger partial charge in [0.15, 0.2) is 0 Å². The average molecular weight is 243 g/mol. The number of hydrogen-bond donors (Lipinski definition) is 1. The standard InChI is InChI=1S/C11H12ClFN2O/c12-5-7-3-11(16)15(6-7)10-2-1-8(13)4-9(10)14/h1-2,4,7H,3,5-6,14H2. The second-order valence-corrected chi connectivity index (χ2v) is 4.24. The first-order chi connectivity index (χ1) is 7.61. The van der Waals surface area contributed by atoms with E-state index in [1.54, 1.807) is 4.90 Å². The highest BCUT2D eigenvalue weighted by Crippen LogP contribution is 2.30. The molecule has 1 aliphatic heterocycles. The highest BCUT2D eigenvalue weighted by molar-refractivity contribution is 6.18. The van der Waals surface area contributed by atoms with Gasteiger partial charge in [0, 0.05) is 18.8 Å². The van der Waals surface area contributed by atoms with Gasteiger partial charge < -0.3 is 10.6 Å². The third-order valence-corrected chi connectivity index (χ3v) is 3.14. The highest BCUT2D eigenvalue weighted by Gasteiger charge is 2.30. The molecule has 0 aliphatic carbocycles. The minimum atomic E-state index is -0.401. The maximum Gasteiger partial charge on any atom is 0.227 e. The number of nitrogens with zero attached hydrogens (tertiary/aromatic N) is 1. The Balaban J connectivity index is 2.28. The number of rotatable bonds is 2. The maximum absolute atomic E-state index is 12.9. The molecule has 1 fully saturated rings. The molecule has 2 rings (SSSR count). The monoisotopic (exact) mass is 242 g/mol. The molecule has 0 spiro atoms. The summed E-state index contributed by atoms with van der Waals surface area (Å²) in [5, 5.41) is 0. The number of anilines is 2. The molecule has 1 unspecified atom stereocenters. The second-order valence-electron chi connectivity index (χ2n) is 3.93. The zero-order valence-corrected chi connectivity index (χ0v) is 9.38. The van der Waals surface area contributed by atoms with E-state index in [1.165, 1.54) is 18.2 Å². The number of benzene rings is 1. The van der Waals surface area contributed by atoms with E-state index in [1.807, 2.05) is 0 Å². The summed E-state index contributed by atoms with van der Waals surface area (Å²) in [5.74, 6) is 0.188. The summed E-state index contributed by atoms with van der Waals surface area (Å²) in [5.41, 5.74) is 6.53. The molecule has 1 heterocycles. The number of carbonyl (C=O) groups excluding carboxylic acids is 1. The van der Waals surface area contributed by atoms with Gasteiger partial charge in [-0.3, -0.25) is 4.79 Å². The molecule has 1 aromatic carbocycles. The van der Waals surface area contributed by atoms with Crippen molar-refractivity contribution in [3.8, 4) is 0 Å². The van der Waals surface area contributed by atoms with Gasteiger partial charge in [0.2, 0.25) is 5.91 Å². The molecule has 1 aliphatic rings. The molecule has 0 aromatic heterocycles. The van der Waals surface area contributed by atoms with E-state index in [0.29, 0.717) is 24.5 Å². The molecule has 0 bridgehead atoms. The molecule has 2 N–H and O–H groups in total. The zero-order chi connectivity index (χ0) is 11.7. The summed E-state index contributed by atoms with van der Waals surface area (Å²) in [6.07, 6.45) is 0.431. The van der Waals surface area contributed by atoms with E-state index in [2.05, 4.69) is 0 Å². The van der Waals surface area contributed by atoms with Crippen LogP contribution in [0, 0.1) is 11.7 Å². The largest absolute Gasteiger partial charge is 0.397 e. The first kappa shape index (κ1) is 11.2. The third kappa shape index (κ3) is 1.97. The molecule has 86 valence electrons. The van der Waals surface area contributed by atoms with E-state index in [0.717, 1.165) is 0 Å². The summed E-state index contributed by atoms with van der Waals surface area (Å²) in [7, 11) is 0. The first-order valence-electron chi connectivity index (χ1n) is 5.03. The van der Waals surface area contributed by atoms with Crippen molar-refractivity contribution in [3.63, 3.8) is 0 Å². The molecular formula is C11H12ClFN2O. The molecule has 1 saturated heterocycles. The van der Waals surface area contributed by atoms with Gasteiger partial charge in [0.05, 0.1) is 11.4 Å². The van der Waals surface area contributed by atoms with E-state index >= 15 is 0 Å². The van der Waals surface area contributed by atoms with E-state index in [4.69, 9.17) is 17.3 Å². The number of amides is 1. The van der Waals surface area contributed by atoms with E-state index in [-0.39, 0.29) is 17.5 Å². The van der Waals surface area contributed by atoms with Crippen LogP contribution in [0.5, 0.6) is 0 Å². The SMILES string of the molecule is Nc1cc(F)ccc1N1CC(CCl)CC1=O. The molecule has 1 atom stereocenters. The Morgan fingerprint density at radius 1 is 1.56 bits per heavy atom. The lowest BCUT2D eigenvalue weighted by Gasteiger charge is -2.18. The first-order valence-corrected chi connectivity index (χ1v) is 5.56. The van der Waals surface area contributed by atoms with Gasteiger partial charge >= 0.3 is 0 Å². The summed E-state index contributed by atoms with van der Waals surface area (Å²) >= 11 is 5.72. The summed E-state index contributed by atoms with van der Waals surface area (Å²) < 4.78 is 12.9. The van der Waals surface area contributed by atoms with E-state index < -0.39 is 5.82 Å². The van der Waals surface area contributed by atoms with Crippen molar-refractivity contribution < 1.29 is 9.18 Å². The van der Waals surface area contributed by atoms with Crippen LogP contribution in [0.4, 0.5) is 15.8 Å². The van der Waals surface area contributed by atoms with Crippen LogP contribution in [0.3, 0.4) is 0 Å². The fourth-order valence-electron chi connectivity index (χ4n) is 1.89. The minimum absolute atomic E-state index is 0.0102. The molecule has 0 radical (unpaired) electrons. The highest BCUT2D eigenvalue weighted by atomic mass is 35.5. The molecule has 1 aromatic rings. The van der Waals surface area contributed by atoms with Crippen LogP contribution in [-0.2, 0) is 4.79 Å². The number of alkyl halides is 1. The van der Waals surface area contributed by atoms with E-state index in [9.17, 15) is 9.18 Å². The van der Waals surface area contributed by atoms with Crippen LogP contribution in [0.1, 0.15) is 6.42 Å². The van der Waals surface area contributed by atoms with Crippen LogP contribution >= 0.6 is 11.6 Å². The van der Waals surface area contributed by atoms with Crippen LogP contribution in [-0.4, -0.2) is 18.3 Å². The van der Waals surface area contributed by atoms with Crippen molar-refractivity contribution in [1.29, 1.82) is 0 Å². The number of carbonyl (C=O) groups is 1. The number of hydrogen-bond acceptors (Lipinski definition) is 2. The molecular weight excluding hydrogens is 231 g/mol. The second kappa shape index (κ2) is 4.29. The van der Waals surface area contributed by atoms with Crippen LogP contribution in [0.15, 0.2) is 18.2 Å². The Hall–Kier alpha value is -1.29. The topological polar surface area (TPSA) is 46.3 Å². The van der Waals surface area contributed by atoms with Gasteiger partial charge in [0.25, 0.3) is 0 Å². The number of halogens is 2. The maximum atomic E-state index is 12.9. The van der Waals surface area contributed by atoms with Gasteiger partial charge in [-0.15, -0.1) is 11.6 Å². The van der Waals surface area contributed by atoms with Gasteiger partial charge in [0.1, 0.15) is 5.82 Å². The fraction of sp³-hybridized carbons (Fsp3) is 0.364. The smallest absolute Gasteiger partial charge is 0.227 e. The lowest BCUT2D eigenvalue weighted by Crippen LogP contribution is -2.25. The van der Waals surface area contributed by atoms with Crippen molar-refractivity contribution in [2.75, 3.05) is 23.1 Å². The third-order valence-electron chi connectivity index (χ3n) is 2.70. The minimum Gasteiger partial charge on any atom is -0.397 e. The van der Waals surface area contributed by atoms with Crippen LogP contribution in [0.25, 0.3) is 0 Å². The Morgan fingerprint density at radius 2 is 2.31 bits per heavy atom. The van der Waals surface area contributed by atoms with Crippen molar-refractivity contribution in [2.45, 2.75) is 6.42 Å². The van der Waals surface area contributed by atoms with Gasteiger partial charge in [-0.1, -0.05) is 0 Å².